The van der Waals surface area contributed by atoms with Gasteiger partial charge in [-0.15, -0.1) is 0 Å². The van der Waals surface area contributed by atoms with Crippen LogP contribution in [0.15, 0.2) is 65.8 Å². The van der Waals surface area contributed by atoms with Crippen LogP contribution in [0.4, 0.5) is 5.82 Å². The van der Waals surface area contributed by atoms with Crippen molar-refractivity contribution in [1.82, 2.24) is 4.98 Å². The van der Waals surface area contributed by atoms with E-state index in [1.165, 1.54) is 5.56 Å². The lowest BCUT2D eigenvalue weighted by Gasteiger charge is -2.05. The Hall–Kier alpha value is -2.68. The zero-order chi connectivity index (χ0) is 14.7. The Labute approximate surface area is 124 Å². The molecule has 0 saturated carbocycles. The zero-order valence-electron chi connectivity index (χ0n) is 12.2. The largest absolute Gasteiger partial charge is 0.261 e. The van der Waals surface area contributed by atoms with Gasteiger partial charge >= 0.3 is 0 Å². The molecule has 0 amide bonds. The van der Waals surface area contributed by atoms with Gasteiger partial charge in [0, 0.05) is 5.39 Å². The van der Waals surface area contributed by atoms with Gasteiger partial charge in [0.2, 0.25) is 0 Å². The molecule has 0 fully saturated rings. The number of hydrogen-bond acceptors (Lipinski definition) is 3. The molecule has 1 aromatic heterocycles. The Morgan fingerprint density at radius 1 is 0.952 bits per heavy atom. The van der Waals surface area contributed by atoms with Crippen molar-refractivity contribution in [3.05, 3.63) is 71.8 Å². The normalized spacial score (nSPS) is 11.6. The molecule has 0 spiro atoms. The molecule has 3 rings (SSSR count). The van der Waals surface area contributed by atoms with E-state index in [4.69, 9.17) is 0 Å². The fraction of sp³-hybridized carbons (Fsp3) is 0.111. The molecule has 0 aliphatic rings. The summed E-state index contributed by atoms with van der Waals surface area (Å²) in [6.45, 7) is 4.06. The monoisotopic (exact) mass is 275 g/mol. The number of pyridine rings is 1. The fourth-order valence-electron chi connectivity index (χ4n) is 2.13. The van der Waals surface area contributed by atoms with Gasteiger partial charge in [0.25, 0.3) is 0 Å². The van der Waals surface area contributed by atoms with Gasteiger partial charge in [-0.05, 0) is 37.6 Å². The van der Waals surface area contributed by atoms with E-state index < -0.39 is 0 Å². The SMILES string of the molecule is C/C(=N\Nc1ccc2ccccc2n1)c1ccc(C)cc1. The molecule has 3 aromatic rings. The van der Waals surface area contributed by atoms with Crippen molar-refractivity contribution in [2.75, 3.05) is 5.43 Å². The molecular weight excluding hydrogens is 258 g/mol. The number of anilines is 1. The highest BCUT2D eigenvalue weighted by Gasteiger charge is 1.99. The van der Waals surface area contributed by atoms with Gasteiger partial charge in [0.05, 0.1) is 11.2 Å². The maximum Gasteiger partial charge on any atom is 0.146 e. The molecule has 2 aromatic carbocycles. The number of aryl methyl sites for hydroxylation is 1. The minimum atomic E-state index is 0.750. The van der Waals surface area contributed by atoms with Crippen LogP contribution >= 0.6 is 0 Å². The van der Waals surface area contributed by atoms with Crippen LogP contribution in [0.3, 0.4) is 0 Å². The lowest BCUT2D eigenvalue weighted by Crippen LogP contribution is -2.00. The van der Waals surface area contributed by atoms with Crippen LogP contribution in [0.2, 0.25) is 0 Å². The highest BCUT2D eigenvalue weighted by molar-refractivity contribution is 5.99. The molecule has 104 valence electrons. The predicted molar refractivity (Wildman–Crippen MR) is 88.8 cm³/mol. The van der Waals surface area contributed by atoms with Crippen molar-refractivity contribution in [2.24, 2.45) is 5.10 Å². The van der Waals surface area contributed by atoms with Crippen LogP contribution in [0, 0.1) is 6.92 Å². The van der Waals surface area contributed by atoms with Crippen molar-refractivity contribution in [1.29, 1.82) is 0 Å². The first-order valence-electron chi connectivity index (χ1n) is 6.95. The number of benzene rings is 2. The lowest BCUT2D eigenvalue weighted by molar-refractivity contribution is 1.25. The molecule has 1 N–H and O–H groups in total. The fourth-order valence-corrected chi connectivity index (χ4v) is 2.13. The first-order chi connectivity index (χ1) is 10.2. The number of nitrogens with zero attached hydrogens (tertiary/aromatic N) is 2. The molecule has 0 aliphatic carbocycles. The summed E-state index contributed by atoms with van der Waals surface area (Å²) in [5.74, 6) is 0.750. The molecule has 1 heterocycles. The Kier molecular flexibility index (Phi) is 3.65. The van der Waals surface area contributed by atoms with E-state index in [2.05, 4.69) is 46.7 Å². The molecule has 3 heteroatoms. The minimum absolute atomic E-state index is 0.750. The van der Waals surface area contributed by atoms with Crippen molar-refractivity contribution < 1.29 is 0 Å². The van der Waals surface area contributed by atoms with Gasteiger partial charge in [-0.1, -0.05) is 48.0 Å². The maximum absolute atomic E-state index is 4.54. The summed E-state index contributed by atoms with van der Waals surface area (Å²) in [5, 5.41) is 5.53. The second-order valence-electron chi connectivity index (χ2n) is 5.06. The third-order valence-corrected chi connectivity index (χ3v) is 3.41. The number of rotatable bonds is 3. The van der Waals surface area contributed by atoms with E-state index in [-0.39, 0.29) is 0 Å². The van der Waals surface area contributed by atoms with E-state index in [1.807, 2.05) is 43.3 Å². The van der Waals surface area contributed by atoms with Gasteiger partial charge < -0.3 is 0 Å². The Morgan fingerprint density at radius 3 is 2.52 bits per heavy atom. The van der Waals surface area contributed by atoms with Crippen LogP contribution in [-0.2, 0) is 0 Å². The topological polar surface area (TPSA) is 37.3 Å². The summed E-state index contributed by atoms with van der Waals surface area (Å²) in [5.41, 5.74) is 7.28. The third-order valence-electron chi connectivity index (χ3n) is 3.41. The first kappa shape index (κ1) is 13.3. The molecule has 3 nitrogen and oxygen atoms in total. The van der Waals surface area contributed by atoms with Crippen LogP contribution in [0.25, 0.3) is 10.9 Å². The second-order valence-corrected chi connectivity index (χ2v) is 5.06. The summed E-state index contributed by atoms with van der Waals surface area (Å²) < 4.78 is 0. The van der Waals surface area contributed by atoms with E-state index in [0.717, 1.165) is 28.0 Å². The Balaban J connectivity index is 1.81. The number of nitrogens with one attached hydrogen (secondary N) is 1. The van der Waals surface area contributed by atoms with Crippen LogP contribution in [0.5, 0.6) is 0 Å². The average molecular weight is 275 g/mol. The van der Waals surface area contributed by atoms with E-state index in [1.54, 1.807) is 0 Å². The average Bonchev–Trinajstić information content (AvgIpc) is 2.53. The highest BCUT2D eigenvalue weighted by Crippen LogP contribution is 2.14. The molecule has 0 atom stereocenters. The van der Waals surface area contributed by atoms with Crippen molar-refractivity contribution in [3.8, 4) is 0 Å². The number of para-hydroxylation sites is 1. The van der Waals surface area contributed by atoms with Crippen molar-refractivity contribution in [3.63, 3.8) is 0 Å². The van der Waals surface area contributed by atoms with Gasteiger partial charge in [-0.2, -0.15) is 5.10 Å². The molecule has 0 unspecified atom stereocenters. The lowest BCUT2D eigenvalue weighted by atomic mass is 10.1. The Bertz CT molecular complexity index is 789. The van der Waals surface area contributed by atoms with E-state index >= 15 is 0 Å². The molecule has 0 radical (unpaired) electrons. The molecule has 21 heavy (non-hydrogen) atoms. The molecule has 0 bridgehead atoms. The summed E-state index contributed by atoms with van der Waals surface area (Å²) in [6, 6.07) is 20.3. The zero-order valence-corrected chi connectivity index (χ0v) is 12.2. The Morgan fingerprint density at radius 2 is 1.71 bits per heavy atom. The van der Waals surface area contributed by atoms with Gasteiger partial charge in [0.15, 0.2) is 0 Å². The quantitative estimate of drug-likeness (QED) is 0.569. The summed E-state index contributed by atoms with van der Waals surface area (Å²) in [7, 11) is 0. The second kappa shape index (κ2) is 5.75. The smallest absolute Gasteiger partial charge is 0.146 e. The molecular formula is C18H17N3. The summed E-state index contributed by atoms with van der Waals surface area (Å²) in [4.78, 5) is 4.54. The summed E-state index contributed by atoms with van der Waals surface area (Å²) >= 11 is 0. The number of aromatic nitrogens is 1. The maximum atomic E-state index is 4.54. The molecule has 0 saturated heterocycles. The third kappa shape index (κ3) is 3.08. The van der Waals surface area contributed by atoms with Crippen LogP contribution < -0.4 is 5.43 Å². The highest BCUT2D eigenvalue weighted by atomic mass is 15.3. The predicted octanol–water partition coefficient (Wildman–Crippen LogP) is 4.38. The number of hydrogen-bond donors (Lipinski definition) is 1. The van der Waals surface area contributed by atoms with E-state index in [0.29, 0.717) is 0 Å². The van der Waals surface area contributed by atoms with Gasteiger partial charge in [-0.3, -0.25) is 5.43 Å². The number of hydrazone groups is 1. The summed E-state index contributed by atoms with van der Waals surface area (Å²) in [6.07, 6.45) is 0. The van der Waals surface area contributed by atoms with Gasteiger partial charge in [-0.25, -0.2) is 4.98 Å². The van der Waals surface area contributed by atoms with E-state index in [9.17, 15) is 0 Å². The van der Waals surface area contributed by atoms with Gasteiger partial charge in [0.1, 0.15) is 5.82 Å². The standard InChI is InChI=1S/C18H17N3/c1-13-7-9-15(10-8-13)14(2)20-21-18-12-11-16-5-3-4-6-17(16)19-18/h3-12H,1-2H3,(H,19,21)/b20-14+. The van der Waals surface area contributed by atoms with Crippen molar-refractivity contribution in [2.45, 2.75) is 13.8 Å². The number of fused-ring (bicyclic) bond motifs is 1. The minimum Gasteiger partial charge on any atom is -0.261 e. The van der Waals surface area contributed by atoms with Crippen LogP contribution in [0.1, 0.15) is 18.1 Å². The first-order valence-corrected chi connectivity index (χ1v) is 6.95. The molecule has 0 aliphatic heterocycles. The van der Waals surface area contributed by atoms with Crippen LogP contribution in [-0.4, -0.2) is 10.7 Å². The van der Waals surface area contributed by atoms with Crippen molar-refractivity contribution >= 4 is 22.4 Å².